The van der Waals surface area contributed by atoms with Gasteiger partial charge in [0.15, 0.2) is 0 Å². The van der Waals surface area contributed by atoms with Gasteiger partial charge in [-0.3, -0.25) is 4.98 Å². The highest BCUT2D eigenvalue weighted by molar-refractivity contribution is 5.87. The van der Waals surface area contributed by atoms with Gasteiger partial charge in [-0.25, -0.2) is 9.59 Å². The molecule has 18 heavy (non-hydrogen) atoms. The Morgan fingerprint density at radius 1 is 1.33 bits per heavy atom. The van der Waals surface area contributed by atoms with Crippen LogP contribution in [0.15, 0.2) is 24.5 Å². The van der Waals surface area contributed by atoms with Crippen molar-refractivity contribution in [3.05, 3.63) is 35.3 Å². The first kappa shape index (κ1) is 14.1. The van der Waals surface area contributed by atoms with Crippen LogP contribution in [-0.4, -0.2) is 22.6 Å². The van der Waals surface area contributed by atoms with Crippen molar-refractivity contribution in [3.8, 4) is 0 Å². The molecular formula is C11H15N3O4. The Morgan fingerprint density at radius 3 is 2.39 bits per heavy atom. The van der Waals surface area contributed by atoms with E-state index >= 15 is 0 Å². The molecule has 98 valence electrons. The Morgan fingerprint density at radius 2 is 1.89 bits per heavy atom. The third-order valence-electron chi connectivity index (χ3n) is 1.76. The molecule has 0 saturated heterocycles. The molecule has 1 heterocycles. The number of quaternary nitrogens is 1. The second kappa shape index (κ2) is 5.56. The van der Waals surface area contributed by atoms with E-state index in [1.54, 1.807) is 20.8 Å². The van der Waals surface area contributed by atoms with Crippen molar-refractivity contribution < 1.29 is 19.5 Å². The van der Waals surface area contributed by atoms with Crippen LogP contribution in [0, 0.1) is 5.21 Å². The molecule has 1 atom stereocenters. The minimum absolute atomic E-state index is 0.158. The van der Waals surface area contributed by atoms with Crippen molar-refractivity contribution in [1.29, 1.82) is 0 Å². The van der Waals surface area contributed by atoms with E-state index in [1.165, 1.54) is 24.5 Å². The number of hydroxylamine groups is 1. The summed E-state index contributed by atoms with van der Waals surface area (Å²) in [5.74, 6) is -0.816. The number of amides is 2. The molecule has 0 aliphatic heterocycles. The molecule has 1 aromatic heterocycles. The van der Waals surface area contributed by atoms with Gasteiger partial charge in [-0.1, -0.05) is 0 Å². The highest BCUT2D eigenvalue weighted by Gasteiger charge is 2.21. The summed E-state index contributed by atoms with van der Waals surface area (Å²) in [6, 6.07) is 2.77. The Kier molecular flexibility index (Phi) is 4.35. The summed E-state index contributed by atoms with van der Waals surface area (Å²) < 4.78 is 4.86. The van der Waals surface area contributed by atoms with E-state index in [2.05, 4.69) is 4.98 Å². The lowest BCUT2D eigenvalue weighted by Crippen LogP contribution is -3.17. The van der Waals surface area contributed by atoms with Crippen LogP contribution in [0.4, 0.5) is 4.79 Å². The highest BCUT2D eigenvalue weighted by atomic mass is 16.6. The lowest BCUT2D eigenvalue weighted by Gasteiger charge is -2.23. The summed E-state index contributed by atoms with van der Waals surface area (Å²) in [6.07, 6.45) is 1.82. The zero-order chi connectivity index (χ0) is 13.8. The number of carbonyl (C=O) groups excluding carboxylic acids is 2. The maximum absolute atomic E-state index is 11.6. The van der Waals surface area contributed by atoms with Crippen molar-refractivity contribution in [2.24, 2.45) is 0 Å². The van der Waals surface area contributed by atoms with Gasteiger partial charge < -0.3 is 9.94 Å². The second-order valence-corrected chi connectivity index (χ2v) is 4.52. The van der Waals surface area contributed by atoms with Gasteiger partial charge in [0.25, 0.3) is 0 Å². The molecule has 0 saturated carbocycles. The molecule has 1 unspecified atom stereocenters. The van der Waals surface area contributed by atoms with E-state index in [0.717, 1.165) is 0 Å². The standard InChI is InChI=1S/C11H15N3O4/c1-11(2,3)18-10(16)13-14(17)9(15)8-4-6-12-7-5-8/h4-7,14H,1-3H3,(H,13,16). The molecule has 1 rings (SSSR count). The van der Waals surface area contributed by atoms with E-state index in [1.807, 2.05) is 5.43 Å². The molecule has 2 amide bonds. The van der Waals surface area contributed by atoms with Crippen molar-refractivity contribution in [2.45, 2.75) is 26.4 Å². The van der Waals surface area contributed by atoms with Crippen molar-refractivity contribution >= 4 is 12.0 Å². The normalized spacial score (nSPS) is 12.7. The van der Waals surface area contributed by atoms with Gasteiger partial charge in [0, 0.05) is 12.4 Å². The number of pyridine rings is 1. The summed E-state index contributed by atoms with van der Waals surface area (Å²) in [6.45, 7) is 4.96. The molecule has 7 nitrogen and oxygen atoms in total. The zero-order valence-corrected chi connectivity index (χ0v) is 10.4. The molecular weight excluding hydrogens is 238 g/mol. The third kappa shape index (κ3) is 4.48. The van der Waals surface area contributed by atoms with Crippen LogP contribution in [-0.2, 0) is 4.74 Å². The number of hydrogen-bond donors (Lipinski definition) is 2. The van der Waals surface area contributed by atoms with E-state index in [9.17, 15) is 14.8 Å². The van der Waals surface area contributed by atoms with Gasteiger partial charge in [-0.15, -0.1) is 0 Å². The monoisotopic (exact) mass is 253 g/mol. The van der Waals surface area contributed by atoms with Gasteiger partial charge >= 0.3 is 12.0 Å². The number of aromatic nitrogens is 1. The molecule has 0 bridgehead atoms. The molecule has 0 aromatic carbocycles. The quantitative estimate of drug-likeness (QED) is 0.689. The lowest BCUT2D eigenvalue weighted by atomic mass is 10.2. The highest BCUT2D eigenvalue weighted by Crippen LogP contribution is 2.05. The largest absolute Gasteiger partial charge is 0.600 e. The first-order chi connectivity index (χ1) is 8.29. The Labute approximate surface area is 104 Å². The van der Waals surface area contributed by atoms with Gasteiger partial charge in [-0.2, -0.15) is 10.6 Å². The Hall–Kier alpha value is -1.99. The maximum atomic E-state index is 11.6. The summed E-state index contributed by atoms with van der Waals surface area (Å²) in [5, 5.41) is 10.4. The zero-order valence-electron chi connectivity index (χ0n) is 10.4. The number of hydrogen-bond acceptors (Lipinski definition) is 5. The number of rotatable bonds is 1. The maximum Gasteiger partial charge on any atom is 0.453 e. The van der Waals surface area contributed by atoms with E-state index in [0.29, 0.717) is 0 Å². The summed E-state index contributed by atoms with van der Waals surface area (Å²) in [4.78, 5) is 26.6. The average molecular weight is 253 g/mol. The van der Waals surface area contributed by atoms with Crippen molar-refractivity contribution in [2.75, 3.05) is 0 Å². The van der Waals surface area contributed by atoms with E-state index < -0.39 is 22.8 Å². The fourth-order valence-electron chi connectivity index (χ4n) is 1.09. The van der Waals surface area contributed by atoms with Crippen LogP contribution in [0.2, 0.25) is 0 Å². The molecule has 0 radical (unpaired) electrons. The van der Waals surface area contributed by atoms with Crippen LogP contribution in [0.1, 0.15) is 31.1 Å². The van der Waals surface area contributed by atoms with Gasteiger partial charge in [0.1, 0.15) is 5.60 Å². The summed E-state index contributed by atoms with van der Waals surface area (Å²) in [7, 11) is 0. The molecule has 1 aromatic rings. The van der Waals surface area contributed by atoms with E-state index in [-0.39, 0.29) is 5.56 Å². The van der Waals surface area contributed by atoms with Crippen LogP contribution in [0.25, 0.3) is 0 Å². The minimum Gasteiger partial charge on any atom is -0.600 e. The average Bonchev–Trinajstić information content (AvgIpc) is 2.26. The number of ether oxygens (including phenoxy) is 1. The number of carbonyl (C=O) groups is 2. The van der Waals surface area contributed by atoms with Gasteiger partial charge in [0.05, 0.1) is 5.56 Å². The van der Waals surface area contributed by atoms with Crippen LogP contribution >= 0.6 is 0 Å². The molecule has 0 fully saturated rings. The molecule has 0 aliphatic carbocycles. The smallest absolute Gasteiger partial charge is 0.453 e. The molecule has 7 heteroatoms. The minimum atomic E-state index is -1.03. The van der Waals surface area contributed by atoms with Crippen molar-refractivity contribution in [1.82, 2.24) is 10.4 Å². The van der Waals surface area contributed by atoms with Crippen LogP contribution < -0.4 is 10.6 Å². The lowest BCUT2D eigenvalue weighted by molar-refractivity contribution is -0.799. The summed E-state index contributed by atoms with van der Waals surface area (Å²) in [5.41, 5.74) is 1.29. The SMILES string of the molecule is CC(C)(C)OC(=O)N[NH+]([O-])C(=O)c1ccncc1. The molecule has 2 N–H and O–H groups in total. The fourth-order valence-corrected chi connectivity index (χ4v) is 1.09. The van der Waals surface area contributed by atoms with Crippen molar-refractivity contribution in [3.63, 3.8) is 0 Å². The predicted octanol–water partition coefficient (Wildman–Crippen LogP) is 0.0442. The topological polar surface area (TPSA) is 95.8 Å². The van der Waals surface area contributed by atoms with Crippen LogP contribution in [0.3, 0.4) is 0 Å². The Balaban J connectivity index is 2.59. The van der Waals surface area contributed by atoms with Gasteiger partial charge in [0.2, 0.25) is 0 Å². The molecule has 0 spiro atoms. The number of nitrogens with zero attached hydrogens (tertiary/aromatic N) is 1. The number of nitrogens with one attached hydrogen (secondary N) is 2. The van der Waals surface area contributed by atoms with Gasteiger partial charge in [-0.05, 0) is 32.9 Å². The first-order valence-corrected chi connectivity index (χ1v) is 5.28. The van der Waals surface area contributed by atoms with Crippen LogP contribution in [0.5, 0.6) is 0 Å². The first-order valence-electron chi connectivity index (χ1n) is 5.28. The third-order valence-corrected chi connectivity index (χ3v) is 1.76. The Bertz CT molecular complexity index is 428. The summed E-state index contributed by atoms with van der Waals surface area (Å²) >= 11 is 0. The predicted molar refractivity (Wildman–Crippen MR) is 62.3 cm³/mol. The molecule has 0 aliphatic rings. The second-order valence-electron chi connectivity index (χ2n) is 4.52. The fraction of sp³-hybridized carbons (Fsp3) is 0.364. The van der Waals surface area contributed by atoms with E-state index in [4.69, 9.17) is 4.74 Å².